The maximum atomic E-state index is 13.7. The predicted molar refractivity (Wildman–Crippen MR) is 146 cm³/mol. The first-order chi connectivity index (χ1) is 17.4. The quantitative estimate of drug-likeness (QED) is 0.204. The third-order valence-electron chi connectivity index (χ3n) is 5.16. The van der Waals surface area contributed by atoms with E-state index >= 15 is 0 Å². The van der Waals surface area contributed by atoms with Gasteiger partial charge in [-0.2, -0.15) is 22.5 Å². The Morgan fingerprint density at radius 2 is 1.68 bits per heavy atom. The number of hydrogen-bond donors (Lipinski definition) is 0. The van der Waals surface area contributed by atoms with Crippen molar-refractivity contribution in [3.8, 4) is 0 Å². The van der Waals surface area contributed by atoms with E-state index in [1.54, 1.807) is 24.7 Å². The van der Waals surface area contributed by atoms with Crippen LogP contribution in [0, 0.1) is 13.0 Å². The predicted octanol–water partition coefficient (Wildman–Crippen LogP) is 3.01. The summed E-state index contributed by atoms with van der Waals surface area (Å²) in [7, 11) is -2.35. The smallest absolute Gasteiger partial charge is 0.388 e. The second kappa shape index (κ2) is 14.5. The molecule has 0 bridgehead atoms. The van der Waals surface area contributed by atoms with Crippen molar-refractivity contribution in [1.29, 1.82) is 0 Å². The van der Waals surface area contributed by atoms with Crippen molar-refractivity contribution in [2.24, 2.45) is 0 Å². The number of thiazole rings is 1. The van der Waals surface area contributed by atoms with Gasteiger partial charge in [-0.25, -0.2) is 39.6 Å². The second-order valence-electron chi connectivity index (χ2n) is 7.50. The fraction of sp³-hybridized carbons (Fsp3) is 0.0690. The van der Waals surface area contributed by atoms with Crippen molar-refractivity contribution in [3.05, 3.63) is 138 Å². The summed E-state index contributed by atoms with van der Waals surface area (Å²) in [6, 6.07) is 25.8. The van der Waals surface area contributed by atoms with Gasteiger partial charge in [0.15, 0.2) is 0 Å². The molecule has 0 fully saturated rings. The van der Waals surface area contributed by atoms with Gasteiger partial charge in [-0.1, -0.05) is 60.7 Å². The van der Waals surface area contributed by atoms with Crippen LogP contribution in [-0.2, 0) is 14.8 Å². The van der Waals surface area contributed by atoms with Gasteiger partial charge in [0.1, 0.15) is 0 Å². The summed E-state index contributed by atoms with van der Waals surface area (Å²) in [6.45, 7) is 6.50. The molecular weight excluding hydrogens is 495 g/mol. The minimum atomic E-state index is -3.92. The van der Waals surface area contributed by atoms with E-state index in [2.05, 4.69) is 24.6 Å². The average Bonchev–Trinajstić information content (AvgIpc) is 3.42. The van der Waals surface area contributed by atoms with Gasteiger partial charge >= 0.3 is 18.9 Å². The Morgan fingerprint density at radius 3 is 2.16 bits per heavy atom. The maximum absolute atomic E-state index is 13.7. The van der Waals surface area contributed by atoms with Crippen molar-refractivity contribution in [3.63, 3.8) is 0 Å². The van der Waals surface area contributed by atoms with Crippen LogP contribution in [-0.4, -0.2) is 31.0 Å². The number of carbonyl (C=O) groups excluding carboxylic acids is 1. The normalized spacial score (nSPS) is 11.3. The first-order valence-corrected chi connectivity index (χ1v) is 13.2. The fourth-order valence-electron chi connectivity index (χ4n) is 3.54. The zero-order chi connectivity index (χ0) is 26.0. The van der Waals surface area contributed by atoms with Crippen LogP contribution in [0.4, 0.5) is 0 Å². The van der Waals surface area contributed by atoms with E-state index in [0.717, 1.165) is 11.1 Å². The molecule has 0 saturated carbocycles. The topological polar surface area (TPSA) is 67.3 Å². The fourth-order valence-corrected chi connectivity index (χ4v) is 5.47. The van der Waals surface area contributed by atoms with Gasteiger partial charge in [0.2, 0.25) is 10.0 Å². The van der Waals surface area contributed by atoms with Crippen LogP contribution < -0.4 is 18.9 Å². The molecule has 0 saturated heterocycles. The molecule has 4 rings (SSSR count). The molecule has 0 aliphatic rings. The molecule has 0 aliphatic carbocycles. The van der Waals surface area contributed by atoms with E-state index in [0.29, 0.717) is 10.6 Å². The molecule has 4 aromatic rings. The number of benzene rings is 3. The molecule has 0 spiro atoms. The summed E-state index contributed by atoms with van der Waals surface area (Å²) in [5.41, 5.74) is 2.23. The Bertz CT molecular complexity index is 1370. The molecule has 3 aromatic carbocycles. The Morgan fingerprint density at radius 1 is 1.11 bits per heavy atom. The van der Waals surface area contributed by atoms with E-state index in [9.17, 15) is 13.2 Å². The Labute approximate surface area is 235 Å². The van der Waals surface area contributed by atoms with Gasteiger partial charge in [-0.3, -0.25) is 10.5 Å². The van der Waals surface area contributed by atoms with E-state index in [1.165, 1.54) is 39.9 Å². The molecular formula is C29H25LiN2O3S2-2. The number of nitrogens with zero attached hydrogens (tertiary/aromatic N) is 2. The van der Waals surface area contributed by atoms with E-state index in [-0.39, 0.29) is 29.3 Å². The van der Waals surface area contributed by atoms with E-state index < -0.39 is 16.1 Å². The van der Waals surface area contributed by atoms with E-state index in [4.69, 9.17) is 0 Å². The maximum Gasteiger partial charge on any atom is 1.00 e. The molecule has 37 heavy (non-hydrogen) atoms. The molecule has 8 heteroatoms. The van der Waals surface area contributed by atoms with Crippen molar-refractivity contribution >= 4 is 39.3 Å². The van der Waals surface area contributed by atoms with Crippen LogP contribution in [0.5, 0.6) is 0 Å². The molecule has 5 nitrogen and oxygen atoms in total. The second-order valence-corrected chi connectivity index (χ2v) is 10.4. The van der Waals surface area contributed by atoms with Crippen LogP contribution in [0.1, 0.15) is 27.7 Å². The molecule has 0 amide bonds. The molecule has 0 aliphatic heterocycles. The van der Waals surface area contributed by atoms with Gasteiger partial charge in [0.05, 0.1) is 11.0 Å². The summed E-state index contributed by atoms with van der Waals surface area (Å²) in [4.78, 5) is 15.8. The first-order valence-electron chi connectivity index (χ1n) is 10.9. The molecule has 0 unspecified atom stereocenters. The summed E-state index contributed by atoms with van der Waals surface area (Å²) < 4.78 is 28.7. The Balaban J connectivity index is 0.00000115. The molecule has 0 N–H and O–H groups in total. The monoisotopic (exact) mass is 520 g/mol. The summed E-state index contributed by atoms with van der Waals surface area (Å²) in [5.74, 6) is 0. The van der Waals surface area contributed by atoms with Gasteiger partial charge in [-0.05, 0) is 16.0 Å². The summed E-state index contributed by atoms with van der Waals surface area (Å²) in [6.07, 6.45) is 6.58. The molecule has 0 radical (unpaired) electrons. The van der Waals surface area contributed by atoms with Crippen molar-refractivity contribution in [2.45, 2.75) is 10.9 Å². The van der Waals surface area contributed by atoms with Crippen molar-refractivity contribution in [1.82, 2.24) is 9.29 Å². The Kier molecular flexibility index (Phi) is 11.8. The van der Waals surface area contributed by atoms with Crippen LogP contribution in [0.2, 0.25) is 0 Å². The zero-order valence-electron chi connectivity index (χ0n) is 20.7. The standard InChI is InChI=1S/C26H20N2O3S2.C3H5.Li/c1-28(26(20-9-4-2-5-10-20)21-11-6-3-7-12-21)33(30,31)24-14-8-13-22(17-24)23(19-29)18-25-27-15-16-32-25;1-3-2;/h2-12,14-18,26H,1H3;3H,1-2H2;/q-2;-1;+1/b23-18-;;. The average molecular weight is 521 g/mol. The molecule has 0 atom stereocenters. The third kappa shape index (κ3) is 7.65. The number of sulfonamides is 1. The van der Waals surface area contributed by atoms with Crippen LogP contribution in [0.15, 0.2) is 108 Å². The minimum Gasteiger partial charge on any atom is -0.388 e. The van der Waals surface area contributed by atoms with Crippen molar-refractivity contribution < 1.29 is 32.1 Å². The molecule has 1 heterocycles. The van der Waals surface area contributed by atoms with Crippen LogP contribution >= 0.6 is 11.3 Å². The zero-order valence-corrected chi connectivity index (χ0v) is 22.4. The van der Waals surface area contributed by atoms with Gasteiger partial charge in [0, 0.05) is 24.9 Å². The number of hydrogen-bond acceptors (Lipinski definition) is 5. The Hall–Kier alpha value is -3.18. The van der Waals surface area contributed by atoms with Crippen molar-refractivity contribution in [2.75, 3.05) is 7.05 Å². The van der Waals surface area contributed by atoms with Gasteiger partial charge < -0.3 is 4.79 Å². The summed E-state index contributed by atoms with van der Waals surface area (Å²) >= 11 is 1.37. The van der Waals surface area contributed by atoms with E-state index in [1.807, 2.05) is 66.9 Å². The molecule has 1 aromatic heterocycles. The molecule has 184 valence electrons. The summed E-state index contributed by atoms with van der Waals surface area (Å²) in [5, 5.41) is 2.42. The number of rotatable bonds is 8. The van der Waals surface area contributed by atoms with Gasteiger partial charge in [-0.15, -0.1) is 17.4 Å². The number of aromatic nitrogens is 1. The largest absolute Gasteiger partial charge is 1.00 e. The number of allylic oxidation sites excluding steroid dienone is 2. The minimum absolute atomic E-state index is 0. The first kappa shape index (κ1) is 30.0. The third-order valence-corrected chi connectivity index (χ3v) is 7.70. The van der Waals surface area contributed by atoms with Crippen LogP contribution in [0.25, 0.3) is 11.6 Å². The van der Waals surface area contributed by atoms with Crippen LogP contribution in [0.3, 0.4) is 0 Å². The SMILES string of the molecule is C=C[CH2-].CN(C(c1ccccc1)c1ccccc1)S(=O)(=O)c1cc[c-]c(/C([C-]=O)=C\c2nccs2)c1.[Li+]. The van der Waals surface area contributed by atoms with Gasteiger partial charge in [0.25, 0.3) is 0 Å².